The van der Waals surface area contributed by atoms with E-state index in [4.69, 9.17) is 11.6 Å². The summed E-state index contributed by atoms with van der Waals surface area (Å²) in [6, 6.07) is 14.7. The lowest BCUT2D eigenvalue weighted by molar-refractivity contribution is -0.138. The van der Waals surface area contributed by atoms with Gasteiger partial charge < -0.3 is 5.11 Å². The summed E-state index contributed by atoms with van der Waals surface area (Å²) in [5.41, 5.74) is 1.60. The van der Waals surface area contributed by atoms with Gasteiger partial charge in [-0.3, -0.25) is 4.79 Å². The van der Waals surface area contributed by atoms with E-state index in [1.165, 1.54) is 0 Å². The van der Waals surface area contributed by atoms with Gasteiger partial charge in [0.25, 0.3) is 0 Å². The molecule has 2 aromatic carbocycles. The van der Waals surface area contributed by atoms with Gasteiger partial charge in [-0.05, 0) is 29.7 Å². The van der Waals surface area contributed by atoms with Crippen molar-refractivity contribution in [3.63, 3.8) is 0 Å². The molecule has 0 saturated heterocycles. The zero-order valence-electron chi connectivity index (χ0n) is 10.0. The molecule has 19 heavy (non-hydrogen) atoms. The molecule has 0 heterocycles. The lowest BCUT2D eigenvalue weighted by Crippen LogP contribution is -2.15. The Labute approximate surface area is 125 Å². The lowest BCUT2D eigenvalue weighted by atomic mass is 9.92. The van der Waals surface area contributed by atoms with Gasteiger partial charge in [0.2, 0.25) is 0 Å². The first kappa shape index (κ1) is 14.1. The van der Waals surface area contributed by atoms with E-state index in [9.17, 15) is 9.90 Å². The van der Waals surface area contributed by atoms with Crippen molar-refractivity contribution in [1.29, 1.82) is 0 Å². The first-order valence-corrected chi connectivity index (χ1v) is 6.97. The van der Waals surface area contributed by atoms with Gasteiger partial charge in [-0.2, -0.15) is 0 Å². The highest BCUT2D eigenvalue weighted by Gasteiger charge is 2.23. The smallest absolute Gasteiger partial charge is 0.311 e. The molecule has 0 aromatic heterocycles. The first-order valence-electron chi connectivity index (χ1n) is 5.80. The van der Waals surface area contributed by atoms with E-state index in [1.807, 2.05) is 24.3 Å². The van der Waals surface area contributed by atoms with Crippen LogP contribution in [0.15, 0.2) is 53.0 Å². The molecule has 0 saturated carbocycles. The third-order valence-electron chi connectivity index (χ3n) is 2.96. The summed E-state index contributed by atoms with van der Waals surface area (Å²) in [6.07, 6.45) is 0.403. The molecule has 0 fully saturated rings. The van der Waals surface area contributed by atoms with Gasteiger partial charge in [-0.25, -0.2) is 0 Å². The van der Waals surface area contributed by atoms with Crippen molar-refractivity contribution >= 4 is 33.5 Å². The fraction of sp³-hybridized carbons (Fsp3) is 0.133. The summed E-state index contributed by atoms with van der Waals surface area (Å²) in [7, 11) is 0. The Morgan fingerprint density at radius 3 is 2.42 bits per heavy atom. The van der Waals surface area contributed by atoms with Crippen LogP contribution in [0.1, 0.15) is 17.0 Å². The highest BCUT2D eigenvalue weighted by atomic mass is 79.9. The number of rotatable bonds is 4. The molecular weight excluding hydrogens is 328 g/mol. The maximum absolute atomic E-state index is 11.5. The van der Waals surface area contributed by atoms with E-state index in [1.54, 1.807) is 24.3 Å². The van der Waals surface area contributed by atoms with Crippen LogP contribution < -0.4 is 0 Å². The summed E-state index contributed by atoms with van der Waals surface area (Å²) in [5, 5.41) is 9.92. The summed E-state index contributed by atoms with van der Waals surface area (Å²) in [4.78, 5) is 11.5. The third kappa shape index (κ3) is 3.37. The van der Waals surface area contributed by atoms with Gasteiger partial charge in [0, 0.05) is 9.50 Å². The Morgan fingerprint density at radius 1 is 1.16 bits per heavy atom. The molecule has 98 valence electrons. The van der Waals surface area contributed by atoms with Crippen LogP contribution in [0.2, 0.25) is 5.02 Å². The molecule has 4 heteroatoms. The Morgan fingerprint density at radius 2 is 1.79 bits per heavy atom. The highest BCUT2D eigenvalue weighted by molar-refractivity contribution is 9.10. The van der Waals surface area contributed by atoms with Gasteiger partial charge in [0.1, 0.15) is 0 Å². The Hall–Kier alpha value is -1.32. The molecule has 2 aromatic rings. The number of carbonyl (C=O) groups is 1. The summed E-state index contributed by atoms with van der Waals surface area (Å²) in [6.45, 7) is 0. The van der Waals surface area contributed by atoms with Crippen molar-refractivity contribution in [1.82, 2.24) is 0 Å². The quantitative estimate of drug-likeness (QED) is 0.889. The maximum Gasteiger partial charge on any atom is 0.311 e. The molecular formula is C15H12BrClO2. The first-order chi connectivity index (χ1) is 9.09. The Kier molecular flexibility index (Phi) is 4.61. The molecule has 2 rings (SSSR count). The minimum absolute atomic E-state index is 0.403. The molecule has 1 unspecified atom stereocenters. The number of aliphatic carboxylic acids is 1. The molecule has 0 spiro atoms. The lowest BCUT2D eigenvalue weighted by Gasteiger charge is -2.15. The summed E-state index contributed by atoms with van der Waals surface area (Å²) < 4.78 is 0.910. The van der Waals surface area contributed by atoms with Crippen LogP contribution in [-0.4, -0.2) is 11.1 Å². The van der Waals surface area contributed by atoms with Crippen molar-refractivity contribution in [3.05, 3.63) is 69.2 Å². The van der Waals surface area contributed by atoms with Crippen LogP contribution in [0.4, 0.5) is 0 Å². The molecule has 1 atom stereocenters. The maximum atomic E-state index is 11.5. The van der Waals surface area contributed by atoms with Gasteiger partial charge >= 0.3 is 5.97 Å². The average molecular weight is 340 g/mol. The molecule has 0 bridgehead atoms. The number of carboxylic acid groups (broad SMARTS) is 1. The normalized spacial score (nSPS) is 12.1. The second kappa shape index (κ2) is 6.22. The second-order valence-corrected chi connectivity index (χ2v) is 5.47. The minimum Gasteiger partial charge on any atom is -0.481 e. The van der Waals surface area contributed by atoms with Crippen LogP contribution in [0.3, 0.4) is 0 Å². The predicted octanol–water partition coefficient (Wildman–Crippen LogP) is 4.51. The highest BCUT2D eigenvalue weighted by Crippen LogP contribution is 2.30. The fourth-order valence-corrected chi connectivity index (χ4v) is 2.69. The Bertz CT molecular complexity index is 598. The minimum atomic E-state index is -0.871. The topological polar surface area (TPSA) is 37.3 Å². The van der Waals surface area contributed by atoms with Crippen molar-refractivity contribution in [2.24, 2.45) is 0 Å². The zero-order chi connectivity index (χ0) is 13.8. The van der Waals surface area contributed by atoms with Crippen LogP contribution in [0.5, 0.6) is 0 Å². The average Bonchev–Trinajstić information content (AvgIpc) is 2.38. The molecule has 1 N–H and O–H groups in total. The van der Waals surface area contributed by atoms with Crippen LogP contribution in [-0.2, 0) is 11.2 Å². The fourth-order valence-electron chi connectivity index (χ4n) is 1.97. The van der Waals surface area contributed by atoms with Crippen molar-refractivity contribution in [2.75, 3.05) is 0 Å². The number of hydrogen-bond acceptors (Lipinski definition) is 1. The van der Waals surface area contributed by atoms with Crippen molar-refractivity contribution in [3.8, 4) is 0 Å². The molecule has 0 aliphatic heterocycles. The monoisotopic (exact) mass is 338 g/mol. The van der Waals surface area contributed by atoms with Crippen molar-refractivity contribution in [2.45, 2.75) is 12.3 Å². The SMILES string of the molecule is O=C(O)C(Cc1ccccc1Br)c1ccccc1Cl. The number of halogens is 2. The summed E-state index contributed by atoms with van der Waals surface area (Å²) >= 11 is 9.53. The van der Waals surface area contributed by atoms with Crippen LogP contribution in [0, 0.1) is 0 Å². The summed E-state index contributed by atoms with van der Waals surface area (Å²) in [5.74, 6) is -1.52. The molecule has 0 radical (unpaired) electrons. The van der Waals surface area contributed by atoms with E-state index < -0.39 is 11.9 Å². The Balaban J connectivity index is 2.35. The van der Waals surface area contributed by atoms with Crippen LogP contribution >= 0.6 is 27.5 Å². The van der Waals surface area contributed by atoms with Gasteiger partial charge in [-0.1, -0.05) is 63.9 Å². The standard InChI is InChI=1S/C15H12BrClO2/c16-13-7-3-1-5-10(13)9-12(15(18)19)11-6-2-4-8-14(11)17/h1-8,12H,9H2,(H,18,19). The van der Waals surface area contributed by atoms with Crippen LogP contribution in [0.25, 0.3) is 0 Å². The molecule has 0 aliphatic carbocycles. The molecule has 0 amide bonds. The van der Waals surface area contributed by atoms with E-state index in [0.29, 0.717) is 17.0 Å². The number of hydrogen-bond donors (Lipinski definition) is 1. The van der Waals surface area contributed by atoms with E-state index in [-0.39, 0.29) is 0 Å². The molecule has 2 nitrogen and oxygen atoms in total. The molecule has 0 aliphatic rings. The number of benzene rings is 2. The van der Waals surface area contributed by atoms with Gasteiger partial charge in [-0.15, -0.1) is 0 Å². The van der Waals surface area contributed by atoms with E-state index in [2.05, 4.69) is 15.9 Å². The zero-order valence-corrected chi connectivity index (χ0v) is 12.4. The van der Waals surface area contributed by atoms with Crippen molar-refractivity contribution < 1.29 is 9.90 Å². The third-order valence-corrected chi connectivity index (χ3v) is 4.08. The van der Waals surface area contributed by atoms with E-state index in [0.717, 1.165) is 10.0 Å². The van der Waals surface area contributed by atoms with E-state index >= 15 is 0 Å². The second-order valence-electron chi connectivity index (χ2n) is 4.21. The largest absolute Gasteiger partial charge is 0.481 e. The van der Waals surface area contributed by atoms with Gasteiger partial charge in [0.05, 0.1) is 5.92 Å². The number of carboxylic acids is 1. The predicted molar refractivity (Wildman–Crippen MR) is 79.7 cm³/mol. The van der Waals surface area contributed by atoms with Gasteiger partial charge in [0.15, 0.2) is 0 Å².